The summed E-state index contributed by atoms with van der Waals surface area (Å²) >= 11 is 5.95. The molecule has 0 unspecified atom stereocenters. The second kappa shape index (κ2) is 4.18. The van der Waals surface area contributed by atoms with Crippen LogP contribution in [0.4, 0.5) is 0 Å². The van der Waals surface area contributed by atoms with Gasteiger partial charge in [0.25, 0.3) is 0 Å². The number of aromatic hydroxyl groups is 1. The van der Waals surface area contributed by atoms with Gasteiger partial charge in [-0.1, -0.05) is 35.4 Å². The van der Waals surface area contributed by atoms with E-state index in [1.54, 1.807) is 18.2 Å². The van der Waals surface area contributed by atoms with Gasteiger partial charge in [-0.2, -0.15) is 0 Å². The predicted octanol–water partition coefficient (Wildman–Crippen LogP) is 4.33. The van der Waals surface area contributed by atoms with Crippen LogP contribution in [0.5, 0.6) is 5.75 Å². The average molecular weight is 233 g/mol. The minimum atomic E-state index is 0.262. The van der Waals surface area contributed by atoms with Gasteiger partial charge in [0.05, 0.1) is 0 Å². The first kappa shape index (κ1) is 11.0. The molecule has 16 heavy (non-hydrogen) atoms. The number of aryl methyl sites for hydroxylation is 2. The Bertz CT molecular complexity index is 483. The van der Waals surface area contributed by atoms with E-state index >= 15 is 0 Å². The first-order valence-electron chi connectivity index (χ1n) is 5.14. The summed E-state index contributed by atoms with van der Waals surface area (Å²) < 4.78 is 0. The molecule has 0 saturated carbocycles. The highest BCUT2D eigenvalue weighted by molar-refractivity contribution is 6.31. The van der Waals surface area contributed by atoms with Gasteiger partial charge in [0.15, 0.2) is 0 Å². The van der Waals surface area contributed by atoms with Crippen molar-refractivity contribution in [3.63, 3.8) is 0 Å². The molecule has 0 atom stereocenters. The van der Waals surface area contributed by atoms with Gasteiger partial charge in [0.1, 0.15) is 5.75 Å². The minimum absolute atomic E-state index is 0.262. The van der Waals surface area contributed by atoms with Gasteiger partial charge in [-0.25, -0.2) is 0 Å². The SMILES string of the molecule is Cc1ccc(C)c(-c2cc(Cl)ccc2O)c1. The molecule has 2 rings (SSSR count). The van der Waals surface area contributed by atoms with E-state index in [2.05, 4.69) is 12.1 Å². The fraction of sp³-hybridized carbons (Fsp3) is 0.143. The van der Waals surface area contributed by atoms with E-state index in [4.69, 9.17) is 11.6 Å². The minimum Gasteiger partial charge on any atom is -0.507 e. The van der Waals surface area contributed by atoms with Crippen molar-refractivity contribution in [2.24, 2.45) is 0 Å². The molecule has 2 aromatic rings. The first-order chi connectivity index (χ1) is 7.58. The van der Waals surface area contributed by atoms with Crippen molar-refractivity contribution in [2.45, 2.75) is 13.8 Å². The largest absolute Gasteiger partial charge is 0.507 e. The molecular formula is C14H13ClO. The summed E-state index contributed by atoms with van der Waals surface area (Å²) in [6.07, 6.45) is 0. The van der Waals surface area contributed by atoms with Gasteiger partial charge >= 0.3 is 0 Å². The van der Waals surface area contributed by atoms with Gasteiger partial charge in [-0.15, -0.1) is 0 Å². The van der Waals surface area contributed by atoms with Crippen molar-refractivity contribution in [1.82, 2.24) is 0 Å². The number of phenols is 1. The third-order valence-corrected chi connectivity index (χ3v) is 2.88. The Kier molecular flexibility index (Phi) is 2.88. The van der Waals surface area contributed by atoms with Crippen LogP contribution in [-0.2, 0) is 0 Å². The van der Waals surface area contributed by atoms with Crippen molar-refractivity contribution >= 4 is 11.6 Å². The lowest BCUT2D eigenvalue weighted by molar-refractivity contribution is 0.477. The summed E-state index contributed by atoms with van der Waals surface area (Å²) in [7, 11) is 0. The van der Waals surface area contributed by atoms with Gasteiger partial charge in [0, 0.05) is 10.6 Å². The quantitative estimate of drug-likeness (QED) is 0.776. The zero-order valence-corrected chi connectivity index (χ0v) is 10.0. The van der Waals surface area contributed by atoms with Crippen LogP contribution in [0.1, 0.15) is 11.1 Å². The van der Waals surface area contributed by atoms with Crippen LogP contribution in [0.3, 0.4) is 0 Å². The Labute approximate surface area is 100 Å². The van der Waals surface area contributed by atoms with Crippen LogP contribution in [0.2, 0.25) is 5.02 Å². The molecule has 0 bridgehead atoms. The van der Waals surface area contributed by atoms with Crippen molar-refractivity contribution in [3.05, 3.63) is 52.5 Å². The summed E-state index contributed by atoms with van der Waals surface area (Å²) in [5.74, 6) is 0.262. The van der Waals surface area contributed by atoms with Gasteiger partial charge in [-0.3, -0.25) is 0 Å². The standard InChI is InChI=1S/C14H13ClO/c1-9-3-4-10(2)12(7-9)13-8-11(15)5-6-14(13)16/h3-8,16H,1-2H3. The number of phenolic OH excluding ortho intramolecular Hbond substituents is 1. The molecule has 82 valence electrons. The van der Waals surface area contributed by atoms with Crippen LogP contribution in [0.15, 0.2) is 36.4 Å². The molecule has 0 amide bonds. The zero-order valence-electron chi connectivity index (χ0n) is 9.29. The predicted molar refractivity (Wildman–Crippen MR) is 68.0 cm³/mol. The molecule has 0 aliphatic rings. The highest BCUT2D eigenvalue weighted by Crippen LogP contribution is 2.34. The summed E-state index contributed by atoms with van der Waals surface area (Å²) in [4.78, 5) is 0. The molecule has 2 aromatic carbocycles. The maximum absolute atomic E-state index is 9.85. The Morgan fingerprint density at radius 2 is 1.69 bits per heavy atom. The van der Waals surface area contributed by atoms with E-state index in [0.717, 1.165) is 16.7 Å². The molecule has 0 aromatic heterocycles. The lowest BCUT2D eigenvalue weighted by atomic mass is 9.98. The van der Waals surface area contributed by atoms with Gasteiger partial charge in [-0.05, 0) is 43.2 Å². The first-order valence-corrected chi connectivity index (χ1v) is 5.52. The second-order valence-corrected chi connectivity index (χ2v) is 4.42. The van der Waals surface area contributed by atoms with E-state index in [-0.39, 0.29) is 5.75 Å². The molecule has 1 N–H and O–H groups in total. The Morgan fingerprint density at radius 1 is 0.938 bits per heavy atom. The number of hydrogen-bond donors (Lipinski definition) is 1. The van der Waals surface area contributed by atoms with Crippen LogP contribution < -0.4 is 0 Å². The summed E-state index contributed by atoms with van der Waals surface area (Å²) in [6.45, 7) is 4.06. The fourth-order valence-electron chi connectivity index (χ4n) is 1.75. The maximum Gasteiger partial charge on any atom is 0.123 e. The summed E-state index contributed by atoms with van der Waals surface area (Å²) in [6, 6.07) is 11.3. The molecule has 2 heteroatoms. The zero-order chi connectivity index (χ0) is 11.7. The fourth-order valence-corrected chi connectivity index (χ4v) is 1.92. The highest BCUT2D eigenvalue weighted by Gasteiger charge is 2.07. The van der Waals surface area contributed by atoms with E-state index < -0.39 is 0 Å². The number of hydrogen-bond acceptors (Lipinski definition) is 1. The summed E-state index contributed by atoms with van der Waals surface area (Å²) in [5.41, 5.74) is 4.11. The molecule has 0 aliphatic carbocycles. The Balaban J connectivity index is 2.66. The monoisotopic (exact) mass is 232 g/mol. The molecule has 0 saturated heterocycles. The average Bonchev–Trinajstić information content (AvgIpc) is 2.25. The molecule has 0 spiro atoms. The van der Waals surface area contributed by atoms with Crippen molar-refractivity contribution < 1.29 is 5.11 Å². The van der Waals surface area contributed by atoms with E-state index in [1.165, 1.54) is 5.56 Å². The third-order valence-electron chi connectivity index (χ3n) is 2.64. The molecule has 0 radical (unpaired) electrons. The van der Waals surface area contributed by atoms with Crippen LogP contribution in [0.25, 0.3) is 11.1 Å². The molecule has 1 nitrogen and oxygen atoms in total. The summed E-state index contributed by atoms with van der Waals surface area (Å²) in [5, 5.41) is 10.5. The van der Waals surface area contributed by atoms with Gasteiger partial charge < -0.3 is 5.11 Å². The van der Waals surface area contributed by atoms with E-state index in [0.29, 0.717) is 5.02 Å². The van der Waals surface area contributed by atoms with Crippen LogP contribution >= 0.6 is 11.6 Å². The van der Waals surface area contributed by atoms with Crippen LogP contribution in [0, 0.1) is 13.8 Å². The normalized spacial score (nSPS) is 10.4. The molecule has 0 heterocycles. The lowest BCUT2D eigenvalue weighted by Gasteiger charge is -2.09. The number of halogens is 1. The Hall–Kier alpha value is -1.47. The topological polar surface area (TPSA) is 20.2 Å². The van der Waals surface area contributed by atoms with Crippen molar-refractivity contribution in [2.75, 3.05) is 0 Å². The highest BCUT2D eigenvalue weighted by atomic mass is 35.5. The smallest absolute Gasteiger partial charge is 0.123 e. The Morgan fingerprint density at radius 3 is 2.44 bits per heavy atom. The third kappa shape index (κ3) is 2.05. The van der Waals surface area contributed by atoms with Crippen molar-refractivity contribution in [3.8, 4) is 16.9 Å². The van der Waals surface area contributed by atoms with E-state index in [9.17, 15) is 5.11 Å². The second-order valence-electron chi connectivity index (χ2n) is 3.98. The van der Waals surface area contributed by atoms with Gasteiger partial charge in [0.2, 0.25) is 0 Å². The maximum atomic E-state index is 9.85. The molecule has 0 fully saturated rings. The van der Waals surface area contributed by atoms with Crippen LogP contribution in [-0.4, -0.2) is 5.11 Å². The lowest BCUT2D eigenvalue weighted by Crippen LogP contribution is -1.85. The van der Waals surface area contributed by atoms with E-state index in [1.807, 2.05) is 19.9 Å². The number of benzene rings is 2. The van der Waals surface area contributed by atoms with Crippen molar-refractivity contribution in [1.29, 1.82) is 0 Å². The molecule has 0 aliphatic heterocycles. The number of rotatable bonds is 1. The molecular weight excluding hydrogens is 220 g/mol.